The third-order valence-corrected chi connectivity index (χ3v) is 3.64. The highest BCUT2D eigenvalue weighted by Crippen LogP contribution is 2.19. The van der Waals surface area contributed by atoms with E-state index in [-0.39, 0.29) is 6.04 Å². The van der Waals surface area contributed by atoms with Crippen LogP contribution in [0.3, 0.4) is 0 Å². The Labute approximate surface area is 106 Å². The molecule has 2 aromatic rings. The standard InChI is InChI=1S/C13H17N3S/c1-9-5-4-6-12(16-9)8-14-11(3)13-15-7-10(2)17-13/h4-7,11,14H,8H2,1-3H3. The van der Waals surface area contributed by atoms with Gasteiger partial charge >= 0.3 is 0 Å². The van der Waals surface area contributed by atoms with E-state index < -0.39 is 0 Å². The van der Waals surface area contributed by atoms with Crippen LogP contribution >= 0.6 is 11.3 Å². The van der Waals surface area contributed by atoms with Gasteiger partial charge in [-0.05, 0) is 32.9 Å². The quantitative estimate of drug-likeness (QED) is 0.902. The van der Waals surface area contributed by atoms with Gasteiger partial charge in [-0.1, -0.05) is 6.07 Å². The number of hydrogen-bond donors (Lipinski definition) is 1. The van der Waals surface area contributed by atoms with Crippen molar-refractivity contribution < 1.29 is 0 Å². The van der Waals surface area contributed by atoms with Gasteiger partial charge in [0.1, 0.15) is 5.01 Å². The number of aryl methyl sites for hydroxylation is 2. The highest BCUT2D eigenvalue weighted by molar-refractivity contribution is 7.11. The van der Waals surface area contributed by atoms with Crippen molar-refractivity contribution in [2.24, 2.45) is 0 Å². The highest BCUT2D eigenvalue weighted by Gasteiger charge is 2.08. The van der Waals surface area contributed by atoms with Crippen molar-refractivity contribution >= 4 is 11.3 Å². The molecule has 4 heteroatoms. The molecule has 1 N–H and O–H groups in total. The van der Waals surface area contributed by atoms with Gasteiger partial charge in [0, 0.05) is 23.3 Å². The normalized spacial score (nSPS) is 12.6. The molecule has 0 aliphatic rings. The summed E-state index contributed by atoms with van der Waals surface area (Å²) in [4.78, 5) is 10.1. The molecule has 90 valence electrons. The molecule has 0 spiro atoms. The number of nitrogens with zero attached hydrogens (tertiary/aromatic N) is 2. The van der Waals surface area contributed by atoms with Crippen LogP contribution < -0.4 is 5.32 Å². The fraction of sp³-hybridized carbons (Fsp3) is 0.385. The van der Waals surface area contributed by atoms with Crippen LogP contribution in [0.25, 0.3) is 0 Å². The lowest BCUT2D eigenvalue weighted by molar-refractivity contribution is 0.564. The van der Waals surface area contributed by atoms with E-state index in [2.05, 4.69) is 29.1 Å². The maximum Gasteiger partial charge on any atom is 0.109 e. The lowest BCUT2D eigenvalue weighted by Crippen LogP contribution is -2.18. The van der Waals surface area contributed by atoms with Crippen LogP contribution in [0.5, 0.6) is 0 Å². The zero-order chi connectivity index (χ0) is 12.3. The average Bonchev–Trinajstić information content (AvgIpc) is 2.73. The number of pyridine rings is 1. The van der Waals surface area contributed by atoms with Gasteiger partial charge in [0.15, 0.2) is 0 Å². The molecule has 2 aromatic heterocycles. The van der Waals surface area contributed by atoms with E-state index in [1.54, 1.807) is 11.3 Å². The predicted octanol–water partition coefficient (Wildman–Crippen LogP) is 3.01. The molecular formula is C13H17N3S. The Hall–Kier alpha value is -1.26. The zero-order valence-corrected chi connectivity index (χ0v) is 11.2. The molecule has 0 radical (unpaired) electrons. The molecule has 0 fully saturated rings. The first-order chi connectivity index (χ1) is 8.15. The molecule has 0 amide bonds. The first kappa shape index (κ1) is 12.2. The van der Waals surface area contributed by atoms with Gasteiger partial charge in [0.05, 0.1) is 11.7 Å². The van der Waals surface area contributed by atoms with Gasteiger partial charge in [0.2, 0.25) is 0 Å². The van der Waals surface area contributed by atoms with Gasteiger partial charge < -0.3 is 5.32 Å². The van der Waals surface area contributed by atoms with Crippen LogP contribution in [-0.4, -0.2) is 9.97 Å². The van der Waals surface area contributed by atoms with Crippen molar-refractivity contribution in [3.05, 3.63) is 45.7 Å². The molecule has 0 bridgehead atoms. The van der Waals surface area contributed by atoms with Crippen molar-refractivity contribution in [3.8, 4) is 0 Å². The summed E-state index contributed by atoms with van der Waals surface area (Å²) in [5, 5.41) is 4.58. The summed E-state index contributed by atoms with van der Waals surface area (Å²) in [5.41, 5.74) is 2.13. The second-order valence-corrected chi connectivity index (χ2v) is 5.45. The van der Waals surface area contributed by atoms with Crippen molar-refractivity contribution in [1.82, 2.24) is 15.3 Å². The molecular weight excluding hydrogens is 230 g/mol. The summed E-state index contributed by atoms with van der Waals surface area (Å²) >= 11 is 1.74. The fourth-order valence-corrected chi connectivity index (χ4v) is 2.42. The third-order valence-electron chi connectivity index (χ3n) is 2.54. The number of thiazole rings is 1. The summed E-state index contributed by atoms with van der Waals surface area (Å²) in [7, 11) is 0. The zero-order valence-electron chi connectivity index (χ0n) is 10.4. The predicted molar refractivity (Wildman–Crippen MR) is 71.1 cm³/mol. The summed E-state index contributed by atoms with van der Waals surface area (Å²) < 4.78 is 0. The number of aromatic nitrogens is 2. The molecule has 0 saturated heterocycles. The molecule has 1 unspecified atom stereocenters. The second kappa shape index (κ2) is 5.38. The van der Waals surface area contributed by atoms with E-state index in [0.717, 1.165) is 22.9 Å². The van der Waals surface area contributed by atoms with E-state index >= 15 is 0 Å². The SMILES string of the molecule is Cc1cccc(CNC(C)c2ncc(C)s2)n1. The van der Waals surface area contributed by atoms with Crippen LogP contribution in [0.2, 0.25) is 0 Å². The minimum absolute atomic E-state index is 0.274. The van der Waals surface area contributed by atoms with Crippen molar-refractivity contribution in [3.63, 3.8) is 0 Å². The minimum Gasteiger partial charge on any atom is -0.302 e. The van der Waals surface area contributed by atoms with E-state index in [9.17, 15) is 0 Å². The van der Waals surface area contributed by atoms with Crippen LogP contribution in [0.1, 0.15) is 34.2 Å². The van der Waals surface area contributed by atoms with Crippen molar-refractivity contribution in [2.75, 3.05) is 0 Å². The Bertz CT molecular complexity index is 493. The maximum absolute atomic E-state index is 4.46. The van der Waals surface area contributed by atoms with E-state index in [0.29, 0.717) is 0 Å². The molecule has 0 aliphatic carbocycles. The molecule has 0 saturated carbocycles. The Morgan fingerprint density at radius 3 is 2.82 bits per heavy atom. The fourth-order valence-electron chi connectivity index (χ4n) is 1.62. The Morgan fingerprint density at radius 2 is 2.18 bits per heavy atom. The largest absolute Gasteiger partial charge is 0.302 e. The van der Waals surface area contributed by atoms with Crippen LogP contribution in [-0.2, 0) is 6.54 Å². The average molecular weight is 247 g/mol. The Morgan fingerprint density at radius 1 is 1.35 bits per heavy atom. The van der Waals surface area contributed by atoms with E-state index in [1.807, 2.05) is 31.3 Å². The maximum atomic E-state index is 4.46. The molecule has 1 atom stereocenters. The van der Waals surface area contributed by atoms with Gasteiger partial charge in [-0.2, -0.15) is 0 Å². The lowest BCUT2D eigenvalue weighted by Gasteiger charge is -2.10. The van der Waals surface area contributed by atoms with Gasteiger partial charge in [0.25, 0.3) is 0 Å². The van der Waals surface area contributed by atoms with Crippen molar-refractivity contribution in [1.29, 1.82) is 0 Å². The van der Waals surface area contributed by atoms with Crippen LogP contribution in [0, 0.1) is 13.8 Å². The molecule has 17 heavy (non-hydrogen) atoms. The molecule has 0 aromatic carbocycles. The van der Waals surface area contributed by atoms with Gasteiger partial charge in [-0.15, -0.1) is 11.3 Å². The van der Waals surface area contributed by atoms with E-state index in [1.165, 1.54) is 4.88 Å². The van der Waals surface area contributed by atoms with Gasteiger partial charge in [-0.25, -0.2) is 4.98 Å². The number of hydrogen-bond acceptors (Lipinski definition) is 4. The van der Waals surface area contributed by atoms with Crippen LogP contribution in [0.4, 0.5) is 0 Å². The first-order valence-corrected chi connectivity index (χ1v) is 6.55. The van der Waals surface area contributed by atoms with E-state index in [4.69, 9.17) is 0 Å². The summed E-state index contributed by atoms with van der Waals surface area (Å²) in [6.45, 7) is 7.00. The van der Waals surface area contributed by atoms with Crippen LogP contribution in [0.15, 0.2) is 24.4 Å². The van der Waals surface area contributed by atoms with Crippen molar-refractivity contribution in [2.45, 2.75) is 33.4 Å². The molecule has 3 nitrogen and oxygen atoms in total. The second-order valence-electron chi connectivity index (χ2n) is 4.18. The topological polar surface area (TPSA) is 37.8 Å². The first-order valence-electron chi connectivity index (χ1n) is 5.73. The summed E-state index contributed by atoms with van der Waals surface area (Å²) in [6, 6.07) is 6.37. The number of rotatable bonds is 4. The monoisotopic (exact) mass is 247 g/mol. The smallest absolute Gasteiger partial charge is 0.109 e. The lowest BCUT2D eigenvalue weighted by atomic mass is 10.3. The summed E-state index contributed by atoms with van der Waals surface area (Å²) in [5.74, 6) is 0. The Kier molecular flexibility index (Phi) is 3.86. The summed E-state index contributed by atoms with van der Waals surface area (Å²) in [6.07, 6.45) is 1.92. The third kappa shape index (κ3) is 3.35. The Balaban J connectivity index is 1.94. The molecule has 2 heterocycles. The minimum atomic E-state index is 0.274. The molecule has 0 aliphatic heterocycles. The van der Waals surface area contributed by atoms with Gasteiger partial charge in [-0.3, -0.25) is 4.98 Å². The molecule has 2 rings (SSSR count). The highest BCUT2D eigenvalue weighted by atomic mass is 32.1. The number of nitrogens with one attached hydrogen (secondary N) is 1.